The molecule has 9 heteroatoms. The largest absolute Gasteiger partial charge is 0.342 e. The zero-order chi connectivity index (χ0) is 21.6. The van der Waals surface area contributed by atoms with Gasteiger partial charge in [-0.05, 0) is 18.6 Å². The van der Waals surface area contributed by atoms with Crippen LogP contribution in [0.5, 0.6) is 0 Å². The molecule has 1 aromatic heterocycles. The summed E-state index contributed by atoms with van der Waals surface area (Å²) in [5, 5.41) is 4.34. The molecule has 31 heavy (non-hydrogen) atoms. The number of aromatic nitrogens is 3. The van der Waals surface area contributed by atoms with Gasteiger partial charge in [-0.25, -0.2) is 9.67 Å². The third kappa shape index (κ3) is 4.77. The number of rotatable bonds is 6. The molecule has 1 fully saturated rings. The summed E-state index contributed by atoms with van der Waals surface area (Å²) in [6.45, 7) is 1.00. The van der Waals surface area contributed by atoms with Crippen LogP contribution in [-0.2, 0) is 9.59 Å². The lowest BCUT2D eigenvalue weighted by Gasteiger charge is -2.14. The first-order chi connectivity index (χ1) is 15.1. The number of carbonyl (C=O) groups excluding carboxylic acids is 3. The minimum absolute atomic E-state index is 0.0564. The van der Waals surface area contributed by atoms with Crippen molar-refractivity contribution in [1.82, 2.24) is 30.5 Å². The monoisotopic (exact) mass is 418 g/mol. The van der Waals surface area contributed by atoms with E-state index in [0.717, 1.165) is 17.7 Å². The van der Waals surface area contributed by atoms with Crippen molar-refractivity contribution < 1.29 is 14.4 Å². The summed E-state index contributed by atoms with van der Waals surface area (Å²) in [5.74, 6) is -0.522. The molecule has 1 saturated heterocycles. The molecular formula is C22H22N6O3. The highest BCUT2D eigenvalue weighted by Gasteiger charge is 2.21. The fourth-order valence-corrected chi connectivity index (χ4v) is 3.35. The minimum Gasteiger partial charge on any atom is -0.342 e. The molecule has 0 saturated carbocycles. The molecule has 0 atom stereocenters. The van der Waals surface area contributed by atoms with Crippen LogP contribution >= 0.6 is 0 Å². The zero-order valence-corrected chi connectivity index (χ0v) is 16.8. The number of hydrogen-bond donors (Lipinski definition) is 2. The van der Waals surface area contributed by atoms with Crippen molar-refractivity contribution in [2.45, 2.75) is 19.3 Å². The number of carbonyl (C=O) groups is 3. The summed E-state index contributed by atoms with van der Waals surface area (Å²) in [5.41, 5.74) is 6.27. The molecule has 0 bridgehead atoms. The van der Waals surface area contributed by atoms with Gasteiger partial charge in [-0.15, -0.1) is 5.10 Å². The number of hydrogen-bond acceptors (Lipinski definition) is 5. The Bertz CT molecular complexity index is 1020. The number of likely N-dealkylation sites (tertiary alicyclic amines) is 1. The first-order valence-electron chi connectivity index (χ1n) is 10.1. The second kappa shape index (κ2) is 9.21. The molecule has 9 nitrogen and oxygen atoms in total. The zero-order valence-electron chi connectivity index (χ0n) is 16.8. The van der Waals surface area contributed by atoms with Gasteiger partial charge in [-0.2, -0.15) is 0 Å². The maximum absolute atomic E-state index is 12.6. The van der Waals surface area contributed by atoms with Crippen molar-refractivity contribution in [2.24, 2.45) is 0 Å². The Hall–Kier alpha value is -4.01. The van der Waals surface area contributed by atoms with E-state index in [0.29, 0.717) is 25.3 Å². The van der Waals surface area contributed by atoms with E-state index in [4.69, 9.17) is 0 Å². The van der Waals surface area contributed by atoms with Gasteiger partial charge in [0.1, 0.15) is 0 Å². The Kier molecular flexibility index (Phi) is 6.02. The lowest BCUT2D eigenvalue weighted by molar-refractivity contribution is -0.128. The van der Waals surface area contributed by atoms with E-state index in [9.17, 15) is 14.4 Å². The molecule has 158 valence electrons. The fourth-order valence-electron chi connectivity index (χ4n) is 3.35. The van der Waals surface area contributed by atoms with Gasteiger partial charge in [0.2, 0.25) is 17.6 Å². The molecule has 3 amide bonds. The van der Waals surface area contributed by atoms with Gasteiger partial charge < -0.3 is 4.90 Å². The summed E-state index contributed by atoms with van der Waals surface area (Å²) in [4.78, 5) is 42.3. The van der Waals surface area contributed by atoms with Crippen molar-refractivity contribution in [3.63, 3.8) is 0 Å². The Morgan fingerprint density at radius 2 is 1.68 bits per heavy atom. The molecule has 0 unspecified atom stereocenters. The normalized spacial score (nSPS) is 13.3. The van der Waals surface area contributed by atoms with Crippen molar-refractivity contribution in [1.29, 1.82) is 0 Å². The van der Waals surface area contributed by atoms with E-state index >= 15 is 0 Å². The van der Waals surface area contributed by atoms with Gasteiger partial charge in [0.25, 0.3) is 0 Å². The van der Waals surface area contributed by atoms with Crippen LogP contribution in [0.1, 0.15) is 29.9 Å². The number of nitrogens with zero attached hydrogens (tertiary/aromatic N) is 4. The van der Waals surface area contributed by atoms with Crippen molar-refractivity contribution in [3.05, 3.63) is 66.5 Å². The van der Waals surface area contributed by atoms with Crippen LogP contribution < -0.4 is 10.9 Å². The van der Waals surface area contributed by atoms with Gasteiger partial charge in [0.05, 0.1) is 5.69 Å². The maximum Gasteiger partial charge on any atom is 0.309 e. The number of hydrazine groups is 1. The van der Waals surface area contributed by atoms with Gasteiger partial charge in [-0.1, -0.05) is 48.5 Å². The molecule has 2 aromatic carbocycles. The number of amides is 3. The standard InChI is InChI=1S/C22H22N6O3/c29-18(13-15-27-14-7-12-19(27)30)24-25-22(31)20-23-21(16-8-3-1-4-9-16)28(26-20)17-10-5-2-6-11-17/h1-6,8-11H,7,12-15H2,(H,24,29)(H,25,31). The minimum atomic E-state index is -0.627. The van der Waals surface area contributed by atoms with Gasteiger partial charge in [0, 0.05) is 31.5 Å². The third-order valence-corrected chi connectivity index (χ3v) is 4.94. The highest BCUT2D eigenvalue weighted by Crippen LogP contribution is 2.20. The number of nitrogens with one attached hydrogen (secondary N) is 2. The predicted octanol–water partition coefficient (Wildman–Crippen LogP) is 1.71. The summed E-state index contributed by atoms with van der Waals surface area (Å²) in [7, 11) is 0. The average Bonchev–Trinajstić information content (AvgIpc) is 3.44. The Morgan fingerprint density at radius 1 is 0.968 bits per heavy atom. The van der Waals surface area contributed by atoms with Gasteiger partial charge >= 0.3 is 5.91 Å². The van der Waals surface area contributed by atoms with Crippen LogP contribution in [0, 0.1) is 0 Å². The SMILES string of the molecule is O=C(CCN1CCCC1=O)NNC(=O)c1nc(-c2ccccc2)n(-c2ccccc2)n1. The predicted molar refractivity (Wildman–Crippen MR) is 113 cm³/mol. The summed E-state index contributed by atoms with van der Waals surface area (Å²) in [6, 6.07) is 18.8. The molecule has 1 aliphatic heterocycles. The smallest absolute Gasteiger partial charge is 0.309 e. The Morgan fingerprint density at radius 3 is 2.35 bits per heavy atom. The first kappa shape index (κ1) is 20.3. The van der Waals surface area contributed by atoms with Crippen molar-refractivity contribution >= 4 is 17.7 Å². The quantitative estimate of drug-likeness (QED) is 0.593. The lowest BCUT2D eigenvalue weighted by atomic mass is 10.2. The van der Waals surface area contributed by atoms with Crippen molar-refractivity contribution in [3.8, 4) is 17.1 Å². The molecule has 4 rings (SSSR count). The molecule has 1 aliphatic rings. The van der Waals surface area contributed by atoms with E-state index < -0.39 is 5.91 Å². The van der Waals surface area contributed by atoms with E-state index in [1.54, 1.807) is 9.58 Å². The van der Waals surface area contributed by atoms with E-state index in [-0.39, 0.29) is 24.1 Å². The molecule has 3 aromatic rings. The average molecular weight is 418 g/mol. The molecule has 2 N–H and O–H groups in total. The summed E-state index contributed by atoms with van der Waals surface area (Å²) in [6.07, 6.45) is 1.45. The maximum atomic E-state index is 12.6. The molecule has 0 spiro atoms. The summed E-state index contributed by atoms with van der Waals surface area (Å²) < 4.78 is 1.59. The fraction of sp³-hybridized carbons (Fsp3) is 0.227. The van der Waals surface area contributed by atoms with Crippen LogP contribution in [0.15, 0.2) is 60.7 Å². The van der Waals surface area contributed by atoms with E-state index in [1.807, 2.05) is 60.7 Å². The molecule has 0 radical (unpaired) electrons. The molecule has 0 aliphatic carbocycles. The highest BCUT2D eigenvalue weighted by molar-refractivity contribution is 5.92. The van der Waals surface area contributed by atoms with Crippen LogP contribution in [0.25, 0.3) is 17.1 Å². The third-order valence-electron chi connectivity index (χ3n) is 4.94. The Balaban J connectivity index is 1.45. The number of para-hydroxylation sites is 1. The topological polar surface area (TPSA) is 109 Å². The lowest BCUT2D eigenvalue weighted by Crippen LogP contribution is -2.43. The highest BCUT2D eigenvalue weighted by atomic mass is 16.2. The van der Waals surface area contributed by atoms with Crippen molar-refractivity contribution in [2.75, 3.05) is 13.1 Å². The Labute approximate surface area is 179 Å². The van der Waals surface area contributed by atoms with Crippen LogP contribution in [0.3, 0.4) is 0 Å². The van der Waals surface area contributed by atoms with Crippen LogP contribution in [0.2, 0.25) is 0 Å². The van der Waals surface area contributed by atoms with E-state index in [2.05, 4.69) is 20.9 Å². The second-order valence-corrected chi connectivity index (χ2v) is 7.11. The molecule has 2 heterocycles. The molecular weight excluding hydrogens is 396 g/mol. The first-order valence-corrected chi connectivity index (χ1v) is 10.1. The van der Waals surface area contributed by atoms with Gasteiger partial charge in [0.15, 0.2) is 5.82 Å². The van der Waals surface area contributed by atoms with Crippen LogP contribution in [0.4, 0.5) is 0 Å². The van der Waals surface area contributed by atoms with Gasteiger partial charge in [-0.3, -0.25) is 25.2 Å². The summed E-state index contributed by atoms with van der Waals surface area (Å²) >= 11 is 0. The second-order valence-electron chi connectivity index (χ2n) is 7.11. The number of benzene rings is 2. The van der Waals surface area contributed by atoms with E-state index in [1.165, 1.54) is 0 Å². The van der Waals surface area contributed by atoms with Crippen LogP contribution in [-0.4, -0.2) is 50.5 Å².